The number of amides is 1. The lowest BCUT2D eigenvalue weighted by Gasteiger charge is -2.12. The molecular weight excluding hydrogens is 475 g/mol. The van der Waals surface area contributed by atoms with Crippen molar-refractivity contribution in [3.05, 3.63) is 54.3 Å². The highest BCUT2D eigenvalue weighted by atomic mass is 79.9. The predicted octanol–water partition coefficient (Wildman–Crippen LogP) is 5.46. The number of benzene rings is 2. The third-order valence-corrected chi connectivity index (χ3v) is 4.54. The molecule has 2 rings (SSSR count). The average molecular weight is 483 g/mol. The van der Waals surface area contributed by atoms with Crippen LogP contribution in [0.1, 0.15) is 10.4 Å². The van der Waals surface area contributed by atoms with Crippen LogP contribution in [-0.2, 0) is 0 Å². The number of nitrogen functional groups attached to an aromatic ring is 1. The summed E-state index contributed by atoms with van der Waals surface area (Å²) in [5.74, 6) is -0.364. The van der Waals surface area contributed by atoms with E-state index in [1.165, 1.54) is 0 Å². The number of nitrogens with two attached hydrogens (primary N) is 1. The molecule has 0 radical (unpaired) electrons. The number of anilines is 2. The third kappa shape index (κ3) is 3.36. The van der Waals surface area contributed by atoms with Crippen LogP contribution in [0.4, 0.5) is 11.4 Å². The summed E-state index contributed by atoms with van der Waals surface area (Å²) < 4.78 is 2.35. The van der Waals surface area contributed by atoms with E-state index in [1.54, 1.807) is 18.2 Å². The molecule has 0 aromatic heterocycles. The van der Waals surface area contributed by atoms with Gasteiger partial charge in [-0.15, -0.1) is 0 Å². The molecule has 0 spiro atoms. The molecule has 0 saturated carbocycles. The smallest absolute Gasteiger partial charge is 0.259 e. The maximum atomic E-state index is 12.3. The maximum Gasteiger partial charge on any atom is 0.259 e. The van der Waals surface area contributed by atoms with Crippen LogP contribution in [0.3, 0.4) is 0 Å². The molecule has 0 saturated heterocycles. The van der Waals surface area contributed by atoms with Gasteiger partial charge in [0.25, 0.3) is 5.91 Å². The quantitative estimate of drug-likeness (QED) is 0.558. The van der Waals surface area contributed by atoms with Crippen LogP contribution in [0.15, 0.2) is 43.7 Å². The number of hydrogen-bond acceptors (Lipinski definition) is 2. The first-order valence-corrected chi connectivity index (χ1v) is 8.15. The van der Waals surface area contributed by atoms with Gasteiger partial charge in [0.05, 0.1) is 16.3 Å². The van der Waals surface area contributed by atoms with Crippen LogP contribution < -0.4 is 11.1 Å². The van der Waals surface area contributed by atoms with Gasteiger partial charge in [-0.25, -0.2) is 0 Å². The van der Waals surface area contributed by atoms with Crippen molar-refractivity contribution in [2.75, 3.05) is 11.1 Å². The number of hydrogen-bond donors (Lipinski definition) is 2. The molecule has 0 heterocycles. The molecule has 0 aliphatic heterocycles. The van der Waals surface area contributed by atoms with Crippen molar-refractivity contribution < 1.29 is 4.79 Å². The van der Waals surface area contributed by atoms with E-state index in [-0.39, 0.29) is 11.5 Å². The largest absolute Gasteiger partial charge is 0.398 e. The molecule has 0 fully saturated rings. The van der Waals surface area contributed by atoms with Crippen molar-refractivity contribution in [2.45, 2.75) is 0 Å². The van der Waals surface area contributed by atoms with Gasteiger partial charge in [0, 0.05) is 19.1 Å². The lowest BCUT2D eigenvalue weighted by molar-refractivity contribution is 0.102. The number of carbonyl (C=O) groups is 1. The van der Waals surface area contributed by atoms with E-state index in [1.807, 2.05) is 12.1 Å². The van der Waals surface area contributed by atoms with Gasteiger partial charge < -0.3 is 11.1 Å². The number of rotatable bonds is 2. The zero-order valence-electron chi connectivity index (χ0n) is 9.88. The molecule has 3 N–H and O–H groups in total. The molecule has 0 unspecified atom stereocenters. The number of carbonyl (C=O) groups excluding carboxylic acids is 1. The Morgan fingerprint density at radius 3 is 2.30 bits per heavy atom. The number of nitrogens with one attached hydrogen (secondary N) is 1. The fourth-order valence-electron chi connectivity index (χ4n) is 1.62. The highest BCUT2D eigenvalue weighted by molar-refractivity contribution is 9.11. The van der Waals surface area contributed by atoms with E-state index in [9.17, 15) is 4.79 Å². The van der Waals surface area contributed by atoms with Crippen molar-refractivity contribution in [1.82, 2.24) is 0 Å². The molecule has 2 aromatic rings. The first kappa shape index (κ1) is 15.8. The standard InChI is InChI=1S/C13H8Br3ClN2O/c14-6-4-7(15)12(8(16)5-6)19-13(20)11-9(17)2-1-3-10(11)18/h1-5H,18H2,(H,19,20). The number of halogens is 4. The van der Waals surface area contributed by atoms with Crippen LogP contribution in [0.25, 0.3) is 0 Å². The molecule has 3 nitrogen and oxygen atoms in total. The Kier molecular flexibility index (Phi) is 5.12. The lowest BCUT2D eigenvalue weighted by atomic mass is 10.1. The Bertz CT molecular complexity index is 648. The zero-order valence-corrected chi connectivity index (χ0v) is 15.4. The summed E-state index contributed by atoms with van der Waals surface area (Å²) in [5.41, 5.74) is 7.00. The summed E-state index contributed by atoms with van der Waals surface area (Å²) >= 11 is 16.2. The van der Waals surface area contributed by atoms with E-state index in [4.69, 9.17) is 17.3 Å². The summed E-state index contributed by atoms with van der Waals surface area (Å²) in [6, 6.07) is 8.61. The van der Waals surface area contributed by atoms with Crippen LogP contribution in [0, 0.1) is 0 Å². The van der Waals surface area contributed by atoms with Crippen molar-refractivity contribution in [3.63, 3.8) is 0 Å². The predicted molar refractivity (Wildman–Crippen MR) is 93.4 cm³/mol. The molecule has 0 bridgehead atoms. The Hall–Kier alpha value is -0.560. The normalized spacial score (nSPS) is 10.4. The van der Waals surface area contributed by atoms with Gasteiger partial charge in [0.15, 0.2) is 0 Å². The minimum absolute atomic E-state index is 0.260. The van der Waals surface area contributed by atoms with E-state index < -0.39 is 0 Å². The van der Waals surface area contributed by atoms with Crippen LogP contribution in [0.2, 0.25) is 5.02 Å². The Balaban J connectivity index is 2.38. The lowest BCUT2D eigenvalue weighted by Crippen LogP contribution is -2.15. The van der Waals surface area contributed by atoms with Crippen LogP contribution in [-0.4, -0.2) is 5.91 Å². The molecule has 0 aliphatic carbocycles. The zero-order chi connectivity index (χ0) is 14.9. The van der Waals surface area contributed by atoms with Gasteiger partial charge >= 0.3 is 0 Å². The summed E-state index contributed by atoms with van der Waals surface area (Å²) in [6.45, 7) is 0. The molecule has 7 heteroatoms. The van der Waals surface area contributed by atoms with Gasteiger partial charge in [0.2, 0.25) is 0 Å². The molecule has 2 aromatic carbocycles. The highest BCUT2D eigenvalue weighted by Gasteiger charge is 2.17. The fourth-order valence-corrected chi connectivity index (χ4v) is 4.34. The summed E-state index contributed by atoms with van der Waals surface area (Å²) in [7, 11) is 0. The Morgan fingerprint density at radius 1 is 1.15 bits per heavy atom. The first-order valence-electron chi connectivity index (χ1n) is 5.40. The van der Waals surface area contributed by atoms with Crippen molar-refractivity contribution in [3.8, 4) is 0 Å². The van der Waals surface area contributed by atoms with Gasteiger partial charge in [-0.3, -0.25) is 4.79 Å². The molecule has 0 atom stereocenters. The van der Waals surface area contributed by atoms with Gasteiger partial charge in [-0.05, 0) is 56.1 Å². The van der Waals surface area contributed by atoms with Gasteiger partial charge in [0.1, 0.15) is 0 Å². The fraction of sp³-hybridized carbons (Fsp3) is 0. The SMILES string of the molecule is Nc1cccc(Cl)c1C(=O)Nc1c(Br)cc(Br)cc1Br. The van der Waals surface area contributed by atoms with Gasteiger partial charge in [-0.1, -0.05) is 33.6 Å². The molecule has 1 amide bonds. The van der Waals surface area contributed by atoms with E-state index in [0.29, 0.717) is 16.4 Å². The third-order valence-electron chi connectivity index (χ3n) is 2.52. The van der Waals surface area contributed by atoms with Crippen LogP contribution in [0.5, 0.6) is 0 Å². The summed E-state index contributed by atoms with van der Waals surface area (Å²) in [5, 5.41) is 3.10. The van der Waals surface area contributed by atoms with E-state index in [2.05, 4.69) is 53.1 Å². The topological polar surface area (TPSA) is 55.1 Å². The minimum Gasteiger partial charge on any atom is -0.398 e. The average Bonchev–Trinajstić information content (AvgIpc) is 2.33. The first-order chi connectivity index (χ1) is 9.40. The molecular formula is C13H8Br3ClN2O. The van der Waals surface area contributed by atoms with Crippen molar-refractivity contribution >= 4 is 76.7 Å². The minimum atomic E-state index is -0.364. The summed E-state index contributed by atoms with van der Waals surface area (Å²) in [6.07, 6.45) is 0. The van der Waals surface area contributed by atoms with E-state index >= 15 is 0 Å². The monoisotopic (exact) mass is 480 g/mol. The highest BCUT2D eigenvalue weighted by Crippen LogP contribution is 2.35. The Labute approximate surface area is 146 Å². The molecule has 0 aliphatic rings. The second-order valence-corrected chi connectivity index (χ2v) is 6.93. The van der Waals surface area contributed by atoms with Gasteiger partial charge in [-0.2, -0.15) is 0 Å². The second-order valence-electron chi connectivity index (χ2n) is 3.90. The second kappa shape index (κ2) is 6.47. The van der Waals surface area contributed by atoms with Crippen molar-refractivity contribution in [2.24, 2.45) is 0 Å². The molecule has 20 heavy (non-hydrogen) atoms. The summed E-state index contributed by atoms with van der Waals surface area (Å²) in [4.78, 5) is 12.3. The van der Waals surface area contributed by atoms with E-state index in [0.717, 1.165) is 13.4 Å². The molecule has 104 valence electrons. The Morgan fingerprint density at radius 2 is 1.75 bits per heavy atom. The van der Waals surface area contributed by atoms with Crippen molar-refractivity contribution in [1.29, 1.82) is 0 Å². The maximum absolute atomic E-state index is 12.3. The van der Waals surface area contributed by atoms with Crippen LogP contribution >= 0.6 is 59.4 Å².